The molecule has 0 spiro atoms. The van der Waals surface area contributed by atoms with Crippen LogP contribution in [-0.2, 0) is 4.79 Å². The number of para-hydroxylation sites is 2. The lowest BCUT2D eigenvalue weighted by molar-refractivity contribution is -0.119. The van der Waals surface area contributed by atoms with Gasteiger partial charge >= 0.3 is 0 Å². The molecule has 1 N–H and O–H groups in total. The summed E-state index contributed by atoms with van der Waals surface area (Å²) in [6.07, 6.45) is 1.96. The van der Waals surface area contributed by atoms with E-state index in [-0.39, 0.29) is 29.2 Å². The zero-order valence-corrected chi connectivity index (χ0v) is 18.8. The average Bonchev–Trinajstić information content (AvgIpc) is 2.72. The summed E-state index contributed by atoms with van der Waals surface area (Å²) in [6.45, 7) is 8.32. The maximum absolute atomic E-state index is 13.4. The Labute approximate surface area is 181 Å². The van der Waals surface area contributed by atoms with Gasteiger partial charge in [-0.2, -0.15) is 0 Å². The Bertz CT molecular complexity index is 1090. The number of nitrogens with zero attached hydrogens (tertiary/aromatic N) is 2. The van der Waals surface area contributed by atoms with Gasteiger partial charge in [0.1, 0.15) is 0 Å². The van der Waals surface area contributed by atoms with E-state index in [2.05, 4.69) is 26.1 Å². The minimum absolute atomic E-state index is 0.0490. The van der Waals surface area contributed by atoms with Crippen LogP contribution < -0.4 is 10.9 Å². The summed E-state index contributed by atoms with van der Waals surface area (Å²) in [4.78, 5) is 30.6. The van der Waals surface area contributed by atoms with Crippen molar-refractivity contribution in [2.75, 3.05) is 5.75 Å². The number of rotatable bonds is 8. The first kappa shape index (κ1) is 22.1. The lowest BCUT2D eigenvalue weighted by atomic mass is 10.0. The Hall–Kier alpha value is -2.60. The quantitative estimate of drug-likeness (QED) is 0.413. The normalized spacial score (nSPS) is 12.3. The fourth-order valence-corrected chi connectivity index (χ4v) is 4.37. The highest BCUT2D eigenvalue weighted by molar-refractivity contribution is 7.99. The smallest absolute Gasteiger partial charge is 0.266 e. The number of amides is 1. The lowest BCUT2D eigenvalue weighted by Gasteiger charge is -2.18. The summed E-state index contributed by atoms with van der Waals surface area (Å²) in [7, 11) is 0. The van der Waals surface area contributed by atoms with Crippen LogP contribution in [-0.4, -0.2) is 27.3 Å². The van der Waals surface area contributed by atoms with E-state index in [1.807, 2.05) is 49.4 Å². The maximum Gasteiger partial charge on any atom is 0.266 e. The van der Waals surface area contributed by atoms with E-state index < -0.39 is 0 Å². The van der Waals surface area contributed by atoms with Crippen molar-refractivity contribution in [2.45, 2.75) is 57.7 Å². The molecule has 1 atom stereocenters. The second-order valence-electron chi connectivity index (χ2n) is 7.81. The topological polar surface area (TPSA) is 64.0 Å². The van der Waals surface area contributed by atoms with E-state index in [0.717, 1.165) is 24.1 Å². The minimum Gasteiger partial charge on any atom is -0.353 e. The van der Waals surface area contributed by atoms with E-state index in [1.54, 1.807) is 10.6 Å². The molecule has 0 radical (unpaired) electrons. The Morgan fingerprint density at radius 3 is 2.53 bits per heavy atom. The SMILES string of the molecule is CCC[C@H](C)NC(=O)CSc1nc2ccccc2c(=O)n1-c1ccccc1C(C)C. The van der Waals surface area contributed by atoms with Crippen molar-refractivity contribution in [1.82, 2.24) is 14.9 Å². The largest absolute Gasteiger partial charge is 0.353 e. The van der Waals surface area contributed by atoms with Gasteiger partial charge in [0.2, 0.25) is 5.91 Å². The third kappa shape index (κ3) is 4.93. The van der Waals surface area contributed by atoms with E-state index in [4.69, 9.17) is 4.98 Å². The van der Waals surface area contributed by atoms with Crippen LogP contribution in [0.3, 0.4) is 0 Å². The highest BCUT2D eigenvalue weighted by atomic mass is 32.2. The molecule has 158 valence electrons. The van der Waals surface area contributed by atoms with Crippen LogP contribution in [0.2, 0.25) is 0 Å². The van der Waals surface area contributed by atoms with Gasteiger partial charge in [0.15, 0.2) is 5.16 Å². The van der Waals surface area contributed by atoms with Gasteiger partial charge in [-0.3, -0.25) is 14.2 Å². The number of fused-ring (bicyclic) bond motifs is 1. The van der Waals surface area contributed by atoms with Gasteiger partial charge in [0.25, 0.3) is 5.56 Å². The van der Waals surface area contributed by atoms with Crippen molar-refractivity contribution >= 4 is 28.6 Å². The van der Waals surface area contributed by atoms with Crippen molar-refractivity contribution in [2.24, 2.45) is 0 Å². The molecular weight excluding hydrogens is 394 g/mol. The van der Waals surface area contributed by atoms with Gasteiger partial charge < -0.3 is 5.32 Å². The molecule has 0 unspecified atom stereocenters. The second-order valence-corrected chi connectivity index (χ2v) is 8.75. The molecule has 6 heteroatoms. The van der Waals surface area contributed by atoms with Crippen LogP contribution in [0.1, 0.15) is 52.0 Å². The van der Waals surface area contributed by atoms with Crippen molar-refractivity contribution in [1.29, 1.82) is 0 Å². The predicted molar refractivity (Wildman–Crippen MR) is 125 cm³/mol. The summed E-state index contributed by atoms with van der Waals surface area (Å²) < 4.78 is 1.66. The number of hydrogen-bond acceptors (Lipinski definition) is 4. The molecule has 1 aromatic heterocycles. The van der Waals surface area contributed by atoms with E-state index in [9.17, 15) is 9.59 Å². The highest BCUT2D eigenvalue weighted by Crippen LogP contribution is 2.27. The average molecular weight is 424 g/mol. The van der Waals surface area contributed by atoms with E-state index >= 15 is 0 Å². The number of carbonyl (C=O) groups is 1. The molecule has 1 heterocycles. The number of carbonyl (C=O) groups excluding carboxylic acids is 1. The van der Waals surface area contributed by atoms with Crippen LogP contribution in [0, 0.1) is 0 Å². The third-order valence-corrected chi connectivity index (χ3v) is 5.94. The van der Waals surface area contributed by atoms with Gasteiger partial charge in [0, 0.05) is 6.04 Å². The van der Waals surface area contributed by atoms with Crippen molar-refractivity contribution < 1.29 is 4.79 Å². The van der Waals surface area contributed by atoms with Crippen LogP contribution in [0.5, 0.6) is 0 Å². The molecule has 30 heavy (non-hydrogen) atoms. The first-order chi connectivity index (χ1) is 14.4. The lowest BCUT2D eigenvalue weighted by Crippen LogP contribution is -2.34. The predicted octanol–water partition coefficient (Wildman–Crippen LogP) is 4.91. The number of aromatic nitrogens is 2. The second kappa shape index (κ2) is 9.94. The Morgan fingerprint density at radius 2 is 1.80 bits per heavy atom. The summed E-state index contributed by atoms with van der Waals surface area (Å²) in [5.74, 6) is 0.408. The molecule has 0 bridgehead atoms. The molecule has 0 fully saturated rings. The molecule has 0 saturated heterocycles. The Balaban J connectivity index is 2.04. The van der Waals surface area contributed by atoms with E-state index in [0.29, 0.717) is 16.1 Å². The molecular formula is C24H29N3O2S. The fourth-order valence-electron chi connectivity index (χ4n) is 3.55. The first-order valence-electron chi connectivity index (χ1n) is 10.5. The standard InChI is InChI=1S/C24H29N3O2S/c1-5-10-17(4)25-22(28)15-30-24-26-20-13-8-6-12-19(20)23(29)27(24)21-14-9-7-11-18(21)16(2)3/h6-9,11-14,16-17H,5,10,15H2,1-4H3,(H,25,28)/t17-/m0/s1. The van der Waals surface area contributed by atoms with Gasteiger partial charge in [-0.25, -0.2) is 4.98 Å². The molecule has 0 saturated carbocycles. The number of hydrogen-bond donors (Lipinski definition) is 1. The maximum atomic E-state index is 13.4. The Morgan fingerprint density at radius 1 is 1.10 bits per heavy atom. The monoisotopic (exact) mass is 423 g/mol. The molecule has 3 aromatic rings. The van der Waals surface area contributed by atoms with Crippen LogP contribution >= 0.6 is 11.8 Å². The molecule has 0 aliphatic carbocycles. The Kier molecular flexibility index (Phi) is 7.32. The van der Waals surface area contributed by atoms with Crippen molar-refractivity contribution in [3.63, 3.8) is 0 Å². The first-order valence-corrected chi connectivity index (χ1v) is 11.4. The molecule has 0 aliphatic heterocycles. The summed E-state index contributed by atoms with van der Waals surface area (Å²) in [5.41, 5.74) is 2.41. The number of thioether (sulfide) groups is 1. The van der Waals surface area contributed by atoms with Crippen LogP contribution in [0.4, 0.5) is 0 Å². The molecule has 3 rings (SSSR count). The zero-order chi connectivity index (χ0) is 21.7. The summed E-state index contributed by atoms with van der Waals surface area (Å²) >= 11 is 1.30. The molecule has 5 nitrogen and oxygen atoms in total. The van der Waals surface area contributed by atoms with Crippen LogP contribution in [0.15, 0.2) is 58.5 Å². The van der Waals surface area contributed by atoms with Gasteiger partial charge in [-0.15, -0.1) is 0 Å². The third-order valence-electron chi connectivity index (χ3n) is 5.01. The van der Waals surface area contributed by atoms with Crippen molar-refractivity contribution in [3.8, 4) is 5.69 Å². The zero-order valence-electron chi connectivity index (χ0n) is 18.0. The summed E-state index contributed by atoms with van der Waals surface area (Å²) in [5, 5.41) is 4.12. The van der Waals surface area contributed by atoms with E-state index in [1.165, 1.54) is 11.8 Å². The van der Waals surface area contributed by atoms with Gasteiger partial charge in [-0.05, 0) is 43.0 Å². The molecule has 2 aromatic carbocycles. The van der Waals surface area contributed by atoms with Crippen LogP contribution in [0.25, 0.3) is 16.6 Å². The minimum atomic E-state index is -0.115. The number of benzene rings is 2. The fraction of sp³-hybridized carbons (Fsp3) is 0.375. The molecule has 0 aliphatic rings. The number of nitrogens with one attached hydrogen (secondary N) is 1. The highest BCUT2D eigenvalue weighted by Gasteiger charge is 2.18. The van der Waals surface area contributed by atoms with Crippen molar-refractivity contribution in [3.05, 3.63) is 64.4 Å². The van der Waals surface area contributed by atoms with Gasteiger partial charge in [-0.1, -0.05) is 69.3 Å². The molecule has 1 amide bonds. The van der Waals surface area contributed by atoms with Gasteiger partial charge in [0.05, 0.1) is 22.3 Å². The summed E-state index contributed by atoms with van der Waals surface area (Å²) in [6, 6.07) is 15.4.